The zero-order valence-corrected chi connectivity index (χ0v) is 10.6. The van der Waals surface area contributed by atoms with Crippen LogP contribution in [0.25, 0.3) is 0 Å². The van der Waals surface area contributed by atoms with Gasteiger partial charge in [-0.2, -0.15) is 5.26 Å². The van der Waals surface area contributed by atoms with E-state index < -0.39 is 0 Å². The van der Waals surface area contributed by atoms with Crippen LogP contribution in [0.4, 0.5) is 0 Å². The fraction of sp³-hybridized carbons (Fsp3) is 0. The molecule has 0 saturated carbocycles. The van der Waals surface area contributed by atoms with Gasteiger partial charge in [-0.3, -0.25) is 0 Å². The van der Waals surface area contributed by atoms with Gasteiger partial charge in [-0.1, -0.05) is 27.7 Å². The van der Waals surface area contributed by atoms with Gasteiger partial charge >= 0.3 is 0 Å². The van der Waals surface area contributed by atoms with Gasteiger partial charge < -0.3 is 0 Å². The molecular weight excluding hydrogens is 284 g/mol. The number of benzene rings is 1. The molecule has 2 aromatic rings. The van der Waals surface area contributed by atoms with Gasteiger partial charge in [0.25, 0.3) is 0 Å². The summed E-state index contributed by atoms with van der Waals surface area (Å²) in [5.41, 5.74) is 0.607. The fourth-order valence-electron chi connectivity index (χ4n) is 1.17. The molecule has 0 aliphatic carbocycles. The summed E-state index contributed by atoms with van der Waals surface area (Å²) in [7, 11) is 0. The molecule has 0 aliphatic heterocycles. The summed E-state index contributed by atoms with van der Waals surface area (Å²) in [5, 5.41) is 9.67. The predicted octanol–water partition coefficient (Wildman–Crippen LogP) is 3.87. The van der Waals surface area contributed by atoms with Crippen LogP contribution in [0.15, 0.2) is 57.0 Å². The quantitative estimate of drug-likeness (QED) is 0.842. The van der Waals surface area contributed by atoms with E-state index in [0.717, 1.165) is 14.4 Å². The number of rotatable bonds is 2. The largest absolute Gasteiger partial charge is 0.248 e. The average Bonchev–Trinajstić information content (AvgIpc) is 2.33. The summed E-state index contributed by atoms with van der Waals surface area (Å²) in [6.45, 7) is 0. The second-order valence-electron chi connectivity index (χ2n) is 3.02. The number of halogens is 1. The third-order valence-electron chi connectivity index (χ3n) is 1.92. The first kappa shape index (κ1) is 11.2. The molecule has 0 radical (unpaired) electrons. The number of hydrogen-bond acceptors (Lipinski definition) is 3. The topological polar surface area (TPSA) is 36.7 Å². The van der Waals surface area contributed by atoms with Gasteiger partial charge in [0.15, 0.2) is 0 Å². The molecule has 16 heavy (non-hydrogen) atoms. The van der Waals surface area contributed by atoms with E-state index in [-0.39, 0.29) is 0 Å². The minimum absolute atomic E-state index is 0.607. The predicted molar refractivity (Wildman–Crippen MR) is 67.2 cm³/mol. The van der Waals surface area contributed by atoms with Crippen molar-refractivity contribution in [2.75, 3.05) is 0 Å². The Kier molecular flexibility index (Phi) is 3.60. The number of aromatic nitrogens is 1. The van der Waals surface area contributed by atoms with Crippen molar-refractivity contribution in [1.82, 2.24) is 4.98 Å². The standard InChI is InChI=1S/C12H7BrN2S/c13-10-3-5-11(6-4-10)16-12-9(8-14)2-1-7-15-12/h1-7H. The van der Waals surface area contributed by atoms with Crippen molar-refractivity contribution in [3.63, 3.8) is 0 Å². The van der Waals surface area contributed by atoms with Crippen LogP contribution in [-0.2, 0) is 0 Å². The monoisotopic (exact) mass is 290 g/mol. The van der Waals surface area contributed by atoms with E-state index in [1.807, 2.05) is 24.3 Å². The highest BCUT2D eigenvalue weighted by molar-refractivity contribution is 9.10. The lowest BCUT2D eigenvalue weighted by atomic mass is 10.3. The molecule has 0 unspecified atom stereocenters. The Hall–Kier alpha value is -1.31. The Balaban J connectivity index is 2.27. The van der Waals surface area contributed by atoms with Crippen LogP contribution in [0.1, 0.15) is 5.56 Å². The molecular formula is C12H7BrN2S. The first-order valence-electron chi connectivity index (χ1n) is 4.58. The van der Waals surface area contributed by atoms with E-state index in [1.165, 1.54) is 11.8 Å². The van der Waals surface area contributed by atoms with E-state index >= 15 is 0 Å². The third kappa shape index (κ3) is 2.63. The Bertz CT molecular complexity index is 531. The highest BCUT2D eigenvalue weighted by Crippen LogP contribution is 2.28. The molecule has 0 spiro atoms. The number of hydrogen-bond donors (Lipinski definition) is 0. The molecule has 4 heteroatoms. The summed E-state index contributed by atoms with van der Waals surface area (Å²) in [4.78, 5) is 5.26. The molecule has 1 aromatic carbocycles. The van der Waals surface area contributed by atoms with E-state index in [2.05, 4.69) is 27.0 Å². The van der Waals surface area contributed by atoms with Crippen molar-refractivity contribution >= 4 is 27.7 Å². The maximum Gasteiger partial charge on any atom is 0.119 e. The van der Waals surface area contributed by atoms with E-state index in [4.69, 9.17) is 5.26 Å². The van der Waals surface area contributed by atoms with Crippen molar-refractivity contribution < 1.29 is 0 Å². The lowest BCUT2D eigenvalue weighted by Crippen LogP contribution is -1.84. The van der Waals surface area contributed by atoms with Crippen molar-refractivity contribution in [1.29, 1.82) is 5.26 Å². The minimum atomic E-state index is 0.607. The van der Waals surface area contributed by atoms with Crippen LogP contribution in [0.3, 0.4) is 0 Å². The van der Waals surface area contributed by atoms with Crippen LogP contribution >= 0.6 is 27.7 Å². The Labute approximate surface area is 106 Å². The molecule has 2 nitrogen and oxygen atoms in total. The molecule has 0 fully saturated rings. The third-order valence-corrected chi connectivity index (χ3v) is 3.47. The fourth-order valence-corrected chi connectivity index (χ4v) is 2.27. The second-order valence-corrected chi connectivity index (χ2v) is 5.00. The molecule has 2 rings (SSSR count). The average molecular weight is 291 g/mol. The molecule has 78 valence electrons. The van der Waals surface area contributed by atoms with Gasteiger partial charge in [0.1, 0.15) is 11.1 Å². The zero-order valence-electron chi connectivity index (χ0n) is 8.22. The molecule has 0 amide bonds. The van der Waals surface area contributed by atoms with Crippen molar-refractivity contribution in [3.05, 3.63) is 52.6 Å². The van der Waals surface area contributed by atoms with E-state index in [0.29, 0.717) is 5.56 Å². The van der Waals surface area contributed by atoms with Crippen LogP contribution in [0, 0.1) is 11.3 Å². The molecule has 0 bridgehead atoms. The molecule has 0 saturated heterocycles. The Morgan fingerprint density at radius 1 is 1.19 bits per heavy atom. The first-order valence-corrected chi connectivity index (χ1v) is 6.19. The zero-order chi connectivity index (χ0) is 11.4. The lowest BCUT2D eigenvalue weighted by molar-refractivity contribution is 1.11. The normalized spacial score (nSPS) is 9.75. The Morgan fingerprint density at radius 3 is 2.62 bits per heavy atom. The van der Waals surface area contributed by atoms with E-state index in [9.17, 15) is 0 Å². The Morgan fingerprint density at radius 2 is 1.94 bits per heavy atom. The minimum Gasteiger partial charge on any atom is -0.248 e. The lowest BCUT2D eigenvalue weighted by Gasteiger charge is -2.02. The summed E-state index contributed by atoms with van der Waals surface area (Å²) in [6.07, 6.45) is 1.70. The molecule has 0 atom stereocenters. The first-order chi connectivity index (χ1) is 7.79. The highest BCUT2D eigenvalue weighted by atomic mass is 79.9. The van der Waals surface area contributed by atoms with Crippen LogP contribution in [-0.4, -0.2) is 4.98 Å². The van der Waals surface area contributed by atoms with E-state index in [1.54, 1.807) is 18.3 Å². The van der Waals surface area contributed by atoms with Crippen molar-refractivity contribution in [2.24, 2.45) is 0 Å². The van der Waals surface area contributed by atoms with Gasteiger partial charge in [-0.25, -0.2) is 4.98 Å². The maximum absolute atomic E-state index is 8.93. The van der Waals surface area contributed by atoms with Gasteiger partial charge in [-0.05, 0) is 36.4 Å². The van der Waals surface area contributed by atoms with Crippen molar-refractivity contribution in [2.45, 2.75) is 9.92 Å². The molecule has 0 N–H and O–H groups in total. The molecule has 1 aromatic heterocycles. The van der Waals surface area contributed by atoms with Crippen LogP contribution in [0.2, 0.25) is 0 Å². The number of nitrogens with zero attached hydrogens (tertiary/aromatic N) is 2. The highest BCUT2D eigenvalue weighted by Gasteiger charge is 2.04. The van der Waals surface area contributed by atoms with Gasteiger partial charge in [-0.15, -0.1) is 0 Å². The second kappa shape index (κ2) is 5.15. The smallest absolute Gasteiger partial charge is 0.119 e. The van der Waals surface area contributed by atoms with Crippen molar-refractivity contribution in [3.8, 4) is 6.07 Å². The SMILES string of the molecule is N#Cc1cccnc1Sc1ccc(Br)cc1. The molecule has 1 heterocycles. The van der Waals surface area contributed by atoms with Gasteiger partial charge in [0, 0.05) is 15.6 Å². The number of nitriles is 1. The summed E-state index contributed by atoms with van der Waals surface area (Å²) >= 11 is 4.87. The molecule has 0 aliphatic rings. The maximum atomic E-state index is 8.93. The van der Waals surface area contributed by atoms with Crippen LogP contribution in [0.5, 0.6) is 0 Å². The van der Waals surface area contributed by atoms with Crippen LogP contribution < -0.4 is 0 Å². The summed E-state index contributed by atoms with van der Waals surface area (Å²) in [6, 6.07) is 13.6. The summed E-state index contributed by atoms with van der Waals surface area (Å²) < 4.78 is 1.04. The van der Waals surface area contributed by atoms with Gasteiger partial charge in [0.05, 0.1) is 5.56 Å². The number of pyridine rings is 1. The summed E-state index contributed by atoms with van der Waals surface area (Å²) in [5.74, 6) is 0. The van der Waals surface area contributed by atoms with Gasteiger partial charge in [0.2, 0.25) is 0 Å².